The molecule has 1 aliphatic rings. The van der Waals surface area contributed by atoms with Crippen LogP contribution in [0.2, 0.25) is 0 Å². The lowest BCUT2D eigenvalue weighted by Crippen LogP contribution is -2.32. The van der Waals surface area contributed by atoms with Gasteiger partial charge in [0.25, 0.3) is 0 Å². The van der Waals surface area contributed by atoms with Gasteiger partial charge in [0.15, 0.2) is 0 Å². The highest BCUT2D eigenvalue weighted by Gasteiger charge is 2.23. The second-order valence-electron chi connectivity index (χ2n) is 4.45. The van der Waals surface area contributed by atoms with E-state index in [-0.39, 0.29) is 6.04 Å². The van der Waals surface area contributed by atoms with Gasteiger partial charge in [0.1, 0.15) is 5.75 Å². The van der Waals surface area contributed by atoms with Crippen LogP contribution in [-0.2, 0) is 11.2 Å². The maximum atomic E-state index is 6.23. The maximum absolute atomic E-state index is 6.23. The first-order chi connectivity index (χ1) is 8.20. The molecule has 0 radical (unpaired) electrons. The van der Waals surface area contributed by atoms with Crippen LogP contribution in [0.4, 0.5) is 0 Å². The zero-order valence-corrected chi connectivity index (χ0v) is 11.6. The second kappa shape index (κ2) is 5.85. The van der Waals surface area contributed by atoms with Crippen LogP contribution in [0.25, 0.3) is 0 Å². The van der Waals surface area contributed by atoms with Crippen LogP contribution in [0.3, 0.4) is 0 Å². The third kappa shape index (κ3) is 3.21. The molecular weight excluding hydrogens is 282 g/mol. The van der Waals surface area contributed by atoms with Gasteiger partial charge in [0.05, 0.1) is 13.7 Å². The number of hydrogen-bond donors (Lipinski definition) is 1. The van der Waals surface area contributed by atoms with Crippen LogP contribution >= 0.6 is 15.9 Å². The van der Waals surface area contributed by atoms with Crippen molar-refractivity contribution in [2.45, 2.75) is 18.9 Å². The summed E-state index contributed by atoms with van der Waals surface area (Å²) in [6.07, 6.45) is 1.93. The van der Waals surface area contributed by atoms with E-state index in [0.717, 1.165) is 36.3 Å². The summed E-state index contributed by atoms with van der Waals surface area (Å²) in [6.45, 7) is 1.64. The van der Waals surface area contributed by atoms with E-state index >= 15 is 0 Å². The fraction of sp³-hybridized carbons (Fsp3) is 0.538. The van der Waals surface area contributed by atoms with Crippen LogP contribution in [-0.4, -0.2) is 26.4 Å². The minimum Gasteiger partial charge on any atom is -0.497 e. The Morgan fingerprint density at radius 3 is 3.06 bits per heavy atom. The predicted molar refractivity (Wildman–Crippen MR) is 71.3 cm³/mol. The summed E-state index contributed by atoms with van der Waals surface area (Å²) in [7, 11) is 1.68. The van der Waals surface area contributed by atoms with Gasteiger partial charge in [-0.25, -0.2) is 0 Å². The normalized spacial score (nSPS) is 21.5. The Balaban J connectivity index is 2.06. The predicted octanol–water partition coefficient (Wildman–Crippen LogP) is 2.36. The van der Waals surface area contributed by atoms with Crippen molar-refractivity contribution in [2.24, 2.45) is 11.7 Å². The molecule has 0 bridgehead atoms. The van der Waals surface area contributed by atoms with Crippen LogP contribution in [0, 0.1) is 5.92 Å². The van der Waals surface area contributed by atoms with E-state index < -0.39 is 0 Å². The number of ether oxygens (including phenoxy) is 2. The molecule has 2 unspecified atom stereocenters. The average molecular weight is 300 g/mol. The van der Waals surface area contributed by atoms with Gasteiger partial charge in [-0.15, -0.1) is 0 Å². The molecule has 94 valence electrons. The van der Waals surface area contributed by atoms with Crippen molar-refractivity contribution in [2.75, 3.05) is 20.3 Å². The van der Waals surface area contributed by atoms with Gasteiger partial charge in [-0.2, -0.15) is 0 Å². The summed E-state index contributed by atoms with van der Waals surface area (Å²) >= 11 is 3.55. The van der Waals surface area contributed by atoms with Crippen molar-refractivity contribution in [1.29, 1.82) is 0 Å². The molecule has 2 N–H and O–H groups in total. The first-order valence-corrected chi connectivity index (χ1v) is 6.65. The molecule has 1 aromatic carbocycles. The van der Waals surface area contributed by atoms with E-state index in [2.05, 4.69) is 15.9 Å². The molecule has 0 amide bonds. The number of methoxy groups -OCH3 is 1. The molecule has 1 aliphatic heterocycles. The molecule has 2 rings (SSSR count). The first-order valence-electron chi connectivity index (χ1n) is 5.86. The number of rotatable bonds is 4. The summed E-state index contributed by atoms with van der Waals surface area (Å²) in [5.74, 6) is 1.35. The Labute approximate surface area is 110 Å². The molecule has 1 fully saturated rings. The zero-order valence-electron chi connectivity index (χ0n) is 9.99. The minimum atomic E-state index is 0.154. The van der Waals surface area contributed by atoms with E-state index in [1.54, 1.807) is 7.11 Å². The SMILES string of the molecule is COc1ccc(Br)c(CC(N)C2CCOC2)c1. The fourth-order valence-corrected chi connectivity index (χ4v) is 2.55. The third-order valence-electron chi connectivity index (χ3n) is 3.28. The van der Waals surface area contributed by atoms with Crippen LogP contribution in [0.5, 0.6) is 5.75 Å². The Kier molecular flexibility index (Phi) is 4.42. The van der Waals surface area contributed by atoms with Gasteiger partial charge < -0.3 is 15.2 Å². The third-order valence-corrected chi connectivity index (χ3v) is 4.05. The fourth-order valence-electron chi connectivity index (χ4n) is 2.15. The molecule has 0 spiro atoms. The summed E-state index contributed by atoms with van der Waals surface area (Å²) in [4.78, 5) is 0. The van der Waals surface area contributed by atoms with Crippen LogP contribution in [0.15, 0.2) is 22.7 Å². The molecule has 0 saturated carbocycles. The average Bonchev–Trinajstić information content (AvgIpc) is 2.85. The first kappa shape index (κ1) is 12.9. The lowest BCUT2D eigenvalue weighted by Gasteiger charge is -2.18. The highest BCUT2D eigenvalue weighted by atomic mass is 79.9. The molecule has 1 aromatic rings. The molecule has 1 heterocycles. The molecule has 1 saturated heterocycles. The largest absolute Gasteiger partial charge is 0.497 e. The summed E-state index contributed by atoms with van der Waals surface area (Å²) in [5, 5.41) is 0. The highest BCUT2D eigenvalue weighted by Crippen LogP contribution is 2.26. The second-order valence-corrected chi connectivity index (χ2v) is 5.30. The van der Waals surface area contributed by atoms with Crippen LogP contribution < -0.4 is 10.5 Å². The zero-order chi connectivity index (χ0) is 12.3. The molecule has 2 atom stereocenters. The summed E-state index contributed by atoms with van der Waals surface area (Å²) < 4.78 is 11.7. The molecular formula is C13H18BrNO2. The summed E-state index contributed by atoms with van der Waals surface area (Å²) in [6, 6.07) is 6.14. The van der Waals surface area contributed by atoms with Gasteiger partial charge in [-0.3, -0.25) is 0 Å². The van der Waals surface area contributed by atoms with Crippen molar-refractivity contribution < 1.29 is 9.47 Å². The Hall–Kier alpha value is -0.580. The molecule has 0 aliphatic carbocycles. The quantitative estimate of drug-likeness (QED) is 0.928. The van der Waals surface area contributed by atoms with Gasteiger partial charge in [-0.05, 0) is 42.5 Å². The van der Waals surface area contributed by atoms with Crippen molar-refractivity contribution in [3.63, 3.8) is 0 Å². The number of benzene rings is 1. The van der Waals surface area contributed by atoms with E-state index in [4.69, 9.17) is 15.2 Å². The molecule has 17 heavy (non-hydrogen) atoms. The van der Waals surface area contributed by atoms with E-state index in [1.807, 2.05) is 18.2 Å². The minimum absolute atomic E-state index is 0.154. The number of nitrogens with two attached hydrogens (primary N) is 1. The van der Waals surface area contributed by atoms with Gasteiger partial charge in [0, 0.05) is 17.1 Å². The van der Waals surface area contributed by atoms with Crippen molar-refractivity contribution in [3.05, 3.63) is 28.2 Å². The van der Waals surface area contributed by atoms with Crippen molar-refractivity contribution in [3.8, 4) is 5.75 Å². The molecule has 0 aromatic heterocycles. The Morgan fingerprint density at radius 1 is 1.59 bits per heavy atom. The van der Waals surface area contributed by atoms with Crippen LogP contribution in [0.1, 0.15) is 12.0 Å². The summed E-state index contributed by atoms with van der Waals surface area (Å²) in [5.41, 5.74) is 7.43. The molecule has 4 heteroatoms. The molecule has 3 nitrogen and oxygen atoms in total. The van der Waals surface area contributed by atoms with Crippen molar-refractivity contribution >= 4 is 15.9 Å². The smallest absolute Gasteiger partial charge is 0.119 e. The standard InChI is InChI=1S/C13H18BrNO2/c1-16-11-2-3-12(14)10(6-11)7-13(15)9-4-5-17-8-9/h2-3,6,9,13H,4-5,7-8,15H2,1H3. The van der Waals surface area contributed by atoms with Crippen molar-refractivity contribution in [1.82, 2.24) is 0 Å². The maximum Gasteiger partial charge on any atom is 0.119 e. The Bertz CT molecular complexity index is 378. The van der Waals surface area contributed by atoms with Gasteiger partial charge >= 0.3 is 0 Å². The number of halogens is 1. The Morgan fingerprint density at radius 2 is 2.41 bits per heavy atom. The lowest BCUT2D eigenvalue weighted by molar-refractivity contribution is 0.180. The topological polar surface area (TPSA) is 44.5 Å². The van der Waals surface area contributed by atoms with Gasteiger partial charge in [-0.1, -0.05) is 15.9 Å². The lowest BCUT2D eigenvalue weighted by atomic mass is 9.94. The van der Waals surface area contributed by atoms with Gasteiger partial charge in [0.2, 0.25) is 0 Å². The highest BCUT2D eigenvalue weighted by molar-refractivity contribution is 9.10. The monoisotopic (exact) mass is 299 g/mol. The van der Waals surface area contributed by atoms with E-state index in [1.165, 1.54) is 5.56 Å². The van der Waals surface area contributed by atoms with E-state index in [9.17, 15) is 0 Å². The number of hydrogen-bond acceptors (Lipinski definition) is 3. The van der Waals surface area contributed by atoms with E-state index in [0.29, 0.717) is 5.92 Å².